The first-order chi connectivity index (χ1) is 10.2. The first-order valence-electron chi connectivity index (χ1n) is 7.93. The Balaban J connectivity index is 1.40. The molecule has 1 heterocycles. The van der Waals surface area contributed by atoms with Gasteiger partial charge in [-0.05, 0) is 43.1 Å². The summed E-state index contributed by atoms with van der Waals surface area (Å²) in [4.78, 5) is 13.9. The maximum Gasteiger partial charge on any atom is 0.410 e. The van der Waals surface area contributed by atoms with Crippen molar-refractivity contribution in [3.05, 3.63) is 35.9 Å². The minimum absolute atomic E-state index is 0.178. The van der Waals surface area contributed by atoms with Crippen LogP contribution in [-0.2, 0) is 11.3 Å². The van der Waals surface area contributed by atoms with Gasteiger partial charge in [0.25, 0.3) is 0 Å². The fourth-order valence-electron chi connectivity index (χ4n) is 3.46. The van der Waals surface area contributed by atoms with Crippen molar-refractivity contribution in [1.29, 1.82) is 0 Å². The molecule has 0 spiro atoms. The number of ether oxygens (including phenoxy) is 1. The average Bonchev–Trinajstić information content (AvgIpc) is 2.51. The van der Waals surface area contributed by atoms with Crippen molar-refractivity contribution in [2.24, 2.45) is 17.6 Å². The molecule has 3 rings (SSSR count). The zero-order chi connectivity index (χ0) is 14.7. The third-order valence-corrected chi connectivity index (χ3v) is 4.88. The number of hydrogen-bond acceptors (Lipinski definition) is 3. The molecule has 2 fully saturated rings. The Labute approximate surface area is 126 Å². The average molecular weight is 288 g/mol. The van der Waals surface area contributed by atoms with Gasteiger partial charge in [-0.3, -0.25) is 0 Å². The second kappa shape index (κ2) is 6.48. The van der Waals surface area contributed by atoms with Crippen LogP contribution >= 0.6 is 0 Å². The molecule has 2 aliphatic rings. The van der Waals surface area contributed by atoms with Crippen LogP contribution in [0.25, 0.3) is 0 Å². The van der Waals surface area contributed by atoms with E-state index in [0.717, 1.165) is 43.3 Å². The van der Waals surface area contributed by atoms with Gasteiger partial charge in [0.05, 0.1) is 0 Å². The van der Waals surface area contributed by atoms with E-state index in [2.05, 4.69) is 0 Å². The lowest BCUT2D eigenvalue weighted by atomic mass is 9.69. The fraction of sp³-hybridized carbons (Fsp3) is 0.588. The molecule has 0 aromatic heterocycles. The number of likely N-dealkylation sites (tertiary alicyclic amines) is 1. The van der Waals surface area contributed by atoms with Gasteiger partial charge in [0, 0.05) is 19.1 Å². The zero-order valence-corrected chi connectivity index (χ0v) is 12.4. The molecule has 1 amide bonds. The summed E-state index contributed by atoms with van der Waals surface area (Å²) in [6.07, 6.45) is 4.35. The Hall–Kier alpha value is -1.55. The lowest BCUT2D eigenvalue weighted by molar-refractivity contribution is 0.0624. The maximum absolute atomic E-state index is 12.1. The molecule has 4 heteroatoms. The monoisotopic (exact) mass is 288 g/mol. The summed E-state index contributed by atoms with van der Waals surface area (Å²) in [6, 6.07) is 10.2. The lowest BCUT2D eigenvalue weighted by Gasteiger charge is -2.42. The SMILES string of the molecule is NC1CC(C2CCN(C(=O)OCc3ccccc3)CC2)C1. The highest BCUT2D eigenvalue weighted by molar-refractivity contribution is 5.67. The third kappa shape index (κ3) is 3.56. The van der Waals surface area contributed by atoms with Crippen LogP contribution in [0.1, 0.15) is 31.2 Å². The molecule has 1 saturated heterocycles. The van der Waals surface area contributed by atoms with Crippen molar-refractivity contribution in [2.75, 3.05) is 13.1 Å². The van der Waals surface area contributed by atoms with Gasteiger partial charge in [0.2, 0.25) is 0 Å². The molecular formula is C17H24N2O2. The Kier molecular flexibility index (Phi) is 4.44. The number of piperidine rings is 1. The first-order valence-corrected chi connectivity index (χ1v) is 7.93. The van der Waals surface area contributed by atoms with E-state index in [4.69, 9.17) is 10.5 Å². The molecule has 114 valence electrons. The summed E-state index contributed by atoms with van der Waals surface area (Å²) < 4.78 is 5.39. The number of nitrogens with zero attached hydrogens (tertiary/aromatic N) is 1. The molecule has 1 aliphatic heterocycles. The Morgan fingerprint density at radius 2 is 1.81 bits per heavy atom. The molecule has 1 saturated carbocycles. The van der Waals surface area contributed by atoms with E-state index in [-0.39, 0.29) is 6.09 Å². The topological polar surface area (TPSA) is 55.6 Å². The number of carbonyl (C=O) groups excluding carboxylic acids is 1. The van der Waals surface area contributed by atoms with Crippen molar-refractivity contribution in [3.63, 3.8) is 0 Å². The molecule has 1 aromatic rings. The lowest BCUT2D eigenvalue weighted by Crippen LogP contribution is -2.45. The number of amides is 1. The maximum atomic E-state index is 12.1. The summed E-state index contributed by atoms with van der Waals surface area (Å²) >= 11 is 0. The van der Waals surface area contributed by atoms with E-state index in [1.165, 1.54) is 12.8 Å². The van der Waals surface area contributed by atoms with Gasteiger partial charge < -0.3 is 15.4 Å². The van der Waals surface area contributed by atoms with Gasteiger partial charge >= 0.3 is 6.09 Å². The second-order valence-corrected chi connectivity index (χ2v) is 6.36. The smallest absolute Gasteiger partial charge is 0.410 e. The fourth-order valence-corrected chi connectivity index (χ4v) is 3.46. The molecule has 21 heavy (non-hydrogen) atoms. The van der Waals surface area contributed by atoms with E-state index in [1.807, 2.05) is 35.2 Å². The molecule has 0 unspecified atom stereocenters. The predicted octanol–water partition coefficient (Wildman–Crippen LogP) is 2.77. The van der Waals surface area contributed by atoms with Gasteiger partial charge in [-0.25, -0.2) is 4.79 Å². The highest BCUT2D eigenvalue weighted by Crippen LogP contribution is 2.38. The Morgan fingerprint density at radius 3 is 2.43 bits per heavy atom. The van der Waals surface area contributed by atoms with Crippen LogP contribution in [0.5, 0.6) is 0 Å². The number of carbonyl (C=O) groups is 1. The van der Waals surface area contributed by atoms with Crippen molar-refractivity contribution in [2.45, 2.75) is 38.3 Å². The van der Waals surface area contributed by atoms with Gasteiger partial charge in [-0.15, -0.1) is 0 Å². The second-order valence-electron chi connectivity index (χ2n) is 6.36. The van der Waals surface area contributed by atoms with E-state index >= 15 is 0 Å². The number of nitrogens with two attached hydrogens (primary N) is 1. The van der Waals surface area contributed by atoms with Crippen molar-refractivity contribution in [3.8, 4) is 0 Å². The van der Waals surface area contributed by atoms with Gasteiger partial charge in [0.1, 0.15) is 6.61 Å². The molecular weight excluding hydrogens is 264 g/mol. The van der Waals surface area contributed by atoms with E-state index < -0.39 is 0 Å². The van der Waals surface area contributed by atoms with E-state index in [9.17, 15) is 4.79 Å². The molecule has 0 bridgehead atoms. The van der Waals surface area contributed by atoms with Crippen LogP contribution in [-0.4, -0.2) is 30.1 Å². The van der Waals surface area contributed by atoms with Gasteiger partial charge in [0.15, 0.2) is 0 Å². The van der Waals surface area contributed by atoms with Gasteiger partial charge in [-0.2, -0.15) is 0 Å². The van der Waals surface area contributed by atoms with Crippen LogP contribution in [0.15, 0.2) is 30.3 Å². The number of benzene rings is 1. The predicted molar refractivity (Wildman–Crippen MR) is 81.6 cm³/mol. The highest BCUT2D eigenvalue weighted by atomic mass is 16.6. The Bertz CT molecular complexity index is 463. The number of hydrogen-bond donors (Lipinski definition) is 1. The number of rotatable bonds is 3. The van der Waals surface area contributed by atoms with Crippen molar-refractivity contribution >= 4 is 6.09 Å². The molecule has 1 aromatic carbocycles. The van der Waals surface area contributed by atoms with Crippen molar-refractivity contribution < 1.29 is 9.53 Å². The molecule has 4 nitrogen and oxygen atoms in total. The van der Waals surface area contributed by atoms with Crippen LogP contribution in [0.2, 0.25) is 0 Å². The zero-order valence-electron chi connectivity index (χ0n) is 12.4. The van der Waals surface area contributed by atoms with Gasteiger partial charge in [-0.1, -0.05) is 30.3 Å². The summed E-state index contributed by atoms with van der Waals surface area (Å²) in [5, 5.41) is 0. The largest absolute Gasteiger partial charge is 0.445 e. The van der Waals surface area contributed by atoms with Crippen LogP contribution in [0.4, 0.5) is 4.79 Å². The van der Waals surface area contributed by atoms with E-state index in [0.29, 0.717) is 12.6 Å². The van der Waals surface area contributed by atoms with E-state index in [1.54, 1.807) is 0 Å². The molecule has 1 aliphatic carbocycles. The highest BCUT2D eigenvalue weighted by Gasteiger charge is 2.35. The van der Waals surface area contributed by atoms with Crippen molar-refractivity contribution in [1.82, 2.24) is 4.90 Å². The molecule has 0 radical (unpaired) electrons. The summed E-state index contributed by atoms with van der Waals surface area (Å²) in [7, 11) is 0. The normalized spacial score (nSPS) is 26.2. The first kappa shape index (κ1) is 14.4. The standard InChI is InChI=1S/C17H24N2O2/c18-16-10-15(11-16)14-6-8-19(9-7-14)17(20)21-12-13-4-2-1-3-5-13/h1-5,14-16H,6-12,18H2. The third-order valence-electron chi connectivity index (χ3n) is 4.88. The Morgan fingerprint density at radius 1 is 1.14 bits per heavy atom. The quantitative estimate of drug-likeness (QED) is 0.930. The summed E-state index contributed by atoms with van der Waals surface area (Å²) in [6.45, 7) is 2.01. The summed E-state index contributed by atoms with van der Waals surface area (Å²) in [5.74, 6) is 1.55. The van der Waals surface area contributed by atoms with Crippen LogP contribution in [0, 0.1) is 11.8 Å². The van der Waals surface area contributed by atoms with Crippen LogP contribution < -0.4 is 5.73 Å². The minimum Gasteiger partial charge on any atom is -0.445 e. The summed E-state index contributed by atoms with van der Waals surface area (Å²) in [5.41, 5.74) is 6.89. The minimum atomic E-state index is -0.178. The molecule has 2 N–H and O–H groups in total. The molecule has 0 atom stereocenters. The van der Waals surface area contributed by atoms with Crippen LogP contribution in [0.3, 0.4) is 0 Å².